The number of allylic oxidation sites excluding steroid dienone is 2. The summed E-state index contributed by atoms with van der Waals surface area (Å²) < 4.78 is 55.7. The summed E-state index contributed by atoms with van der Waals surface area (Å²) in [4.78, 5) is 12.1. The maximum absolute atomic E-state index is 12.7. The zero-order valence-corrected chi connectivity index (χ0v) is 14.1. The minimum atomic E-state index is -4.44. The summed E-state index contributed by atoms with van der Waals surface area (Å²) >= 11 is 0. The topological polar surface area (TPSA) is 50.1 Å². The number of nitrogens with zero attached hydrogens (tertiary/aromatic N) is 1. The van der Waals surface area contributed by atoms with E-state index in [9.17, 15) is 22.4 Å². The summed E-state index contributed by atoms with van der Waals surface area (Å²) in [7, 11) is 0. The van der Waals surface area contributed by atoms with Crippen molar-refractivity contribution < 1.29 is 27.1 Å². The summed E-state index contributed by atoms with van der Waals surface area (Å²) in [5, 5.41) is 8.34. The maximum atomic E-state index is 12.7. The normalized spacial score (nSPS) is 21.1. The molecule has 0 aromatic heterocycles. The lowest BCUT2D eigenvalue weighted by molar-refractivity contribution is -0.137. The summed E-state index contributed by atoms with van der Waals surface area (Å²) in [6.45, 7) is 0. The van der Waals surface area contributed by atoms with Crippen molar-refractivity contribution >= 4 is 5.97 Å². The third-order valence-electron chi connectivity index (χ3n) is 4.52. The van der Waals surface area contributed by atoms with Crippen LogP contribution in [0.2, 0.25) is 0 Å². The molecule has 26 heavy (non-hydrogen) atoms. The number of hydrogen-bond donors (Lipinski definition) is 0. The van der Waals surface area contributed by atoms with Crippen molar-refractivity contribution in [2.45, 2.75) is 50.8 Å². The number of halogens is 4. The molecule has 1 aromatic carbocycles. The molecule has 1 fully saturated rings. The Hall–Kier alpha value is -2.36. The molecule has 0 bridgehead atoms. The molecule has 0 aliphatic heterocycles. The minimum absolute atomic E-state index is 0.0947. The van der Waals surface area contributed by atoms with E-state index in [2.05, 4.69) is 0 Å². The van der Waals surface area contributed by atoms with E-state index in [-0.39, 0.29) is 11.7 Å². The number of ether oxygens (including phenoxy) is 1. The molecular formula is C19H19F4NO2. The lowest BCUT2D eigenvalue weighted by Crippen LogP contribution is -2.24. The van der Waals surface area contributed by atoms with Crippen molar-refractivity contribution in [1.82, 2.24) is 0 Å². The fourth-order valence-electron chi connectivity index (χ4n) is 3.04. The zero-order valence-electron chi connectivity index (χ0n) is 14.1. The van der Waals surface area contributed by atoms with E-state index in [1.807, 2.05) is 0 Å². The Balaban J connectivity index is 1.78. The van der Waals surface area contributed by atoms with Crippen LogP contribution >= 0.6 is 0 Å². The fraction of sp³-hybridized carbons (Fsp3) is 0.474. The van der Waals surface area contributed by atoms with Gasteiger partial charge in [0.2, 0.25) is 0 Å². The molecular weight excluding hydrogens is 350 g/mol. The van der Waals surface area contributed by atoms with Crippen LogP contribution in [0.4, 0.5) is 17.6 Å². The van der Waals surface area contributed by atoms with Gasteiger partial charge in [-0.15, -0.1) is 0 Å². The average Bonchev–Trinajstić information content (AvgIpc) is 2.62. The number of esters is 1. The monoisotopic (exact) mass is 369 g/mol. The van der Waals surface area contributed by atoms with Crippen LogP contribution in [0, 0.1) is 17.2 Å². The van der Waals surface area contributed by atoms with Crippen molar-refractivity contribution in [2.24, 2.45) is 5.92 Å². The lowest BCUT2D eigenvalue weighted by Gasteiger charge is -2.28. The second-order valence-corrected chi connectivity index (χ2v) is 6.36. The number of hydrogen-bond acceptors (Lipinski definition) is 3. The molecule has 0 N–H and O–H groups in total. The van der Waals surface area contributed by atoms with Crippen LogP contribution in [0.15, 0.2) is 36.2 Å². The highest BCUT2D eigenvalue weighted by atomic mass is 19.4. The molecule has 0 radical (unpaired) electrons. The number of nitriles is 1. The first-order valence-corrected chi connectivity index (χ1v) is 8.43. The summed E-state index contributed by atoms with van der Waals surface area (Å²) in [5.74, 6) is -1.01. The summed E-state index contributed by atoms with van der Waals surface area (Å²) in [6, 6.07) is 5.39. The molecule has 0 spiro atoms. The summed E-state index contributed by atoms with van der Waals surface area (Å²) in [5.41, 5.74) is -0.714. The van der Waals surface area contributed by atoms with Gasteiger partial charge in [0, 0.05) is 0 Å². The number of carbonyl (C=O) groups is 1. The van der Waals surface area contributed by atoms with Crippen LogP contribution in [0.3, 0.4) is 0 Å². The van der Waals surface area contributed by atoms with E-state index in [1.165, 1.54) is 12.1 Å². The van der Waals surface area contributed by atoms with Gasteiger partial charge in [0.1, 0.15) is 12.2 Å². The Morgan fingerprint density at radius 3 is 2.35 bits per heavy atom. The number of alkyl halides is 3. The van der Waals surface area contributed by atoms with Crippen LogP contribution in [-0.4, -0.2) is 12.1 Å². The van der Waals surface area contributed by atoms with Crippen LogP contribution in [0.5, 0.6) is 0 Å². The van der Waals surface area contributed by atoms with Gasteiger partial charge >= 0.3 is 12.1 Å². The Morgan fingerprint density at radius 1 is 1.19 bits per heavy atom. The number of benzene rings is 1. The number of carbonyl (C=O) groups excluding carboxylic acids is 1. The van der Waals surface area contributed by atoms with Crippen LogP contribution in [-0.2, 0) is 10.9 Å². The van der Waals surface area contributed by atoms with E-state index >= 15 is 0 Å². The molecule has 3 nitrogen and oxygen atoms in total. The molecule has 2 rings (SSSR count). The predicted molar refractivity (Wildman–Crippen MR) is 86.6 cm³/mol. The molecule has 0 heterocycles. The highest BCUT2D eigenvalue weighted by molar-refractivity contribution is 5.89. The van der Waals surface area contributed by atoms with Crippen LogP contribution in [0.25, 0.3) is 0 Å². The predicted octanol–water partition coefficient (Wildman–Crippen LogP) is 5.58. The SMILES string of the molecule is N#C/C(F)=C\CCC1CCC(OC(=O)c2ccc(C(F)(F)F)cc2)CC1. The van der Waals surface area contributed by atoms with Crippen LogP contribution in [0.1, 0.15) is 54.4 Å². The maximum Gasteiger partial charge on any atom is 0.416 e. The molecule has 140 valence electrons. The fourth-order valence-corrected chi connectivity index (χ4v) is 3.04. The second-order valence-electron chi connectivity index (χ2n) is 6.36. The number of rotatable bonds is 5. The van der Waals surface area contributed by atoms with E-state index in [0.29, 0.717) is 25.2 Å². The van der Waals surface area contributed by atoms with Gasteiger partial charge in [-0.3, -0.25) is 0 Å². The highest BCUT2D eigenvalue weighted by Crippen LogP contribution is 2.31. The van der Waals surface area contributed by atoms with E-state index in [4.69, 9.17) is 10.00 Å². The van der Waals surface area contributed by atoms with Crippen molar-refractivity contribution in [1.29, 1.82) is 5.26 Å². The average molecular weight is 369 g/mol. The third-order valence-corrected chi connectivity index (χ3v) is 4.52. The third kappa shape index (κ3) is 5.87. The molecule has 0 unspecified atom stereocenters. The Morgan fingerprint density at radius 2 is 1.81 bits per heavy atom. The molecule has 7 heteroatoms. The minimum Gasteiger partial charge on any atom is -0.459 e. The first kappa shape index (κ1) is 20.0. The van der Waals surface area contributed by atoms with Gasteiger partial charge < -0.3 is 4.74 Å². The van der Waals surface area contributed by atoms with Crippen LogP contribution < -0.4 is 0 Å². The molecule has 1 aliphatic carbocycles. The van der Waals surface area contributed by atoms with Crippen molar-refractivity contribution in [3.63, 3.8) is 0 Å². The second kappa shape index (κ2) is 8.84. The zero-order chi connectivity index (χ0) is 19.2. The Labute approximate surface area is 149 Å². The van der Waals surface area contributed by atoms with Gasteiger partial charge in [-0.2, -0.15) is 22.8 Å². The van der Waals surface area contributed by atoms with Crippen molar-refractivity contribution in [2.75, 3.05) is 0 Å². The molecule has 1 aromatic rings. The Kier molecular flexibility index (Phi) is 6.78. The molecule has 0 amide bonds. The van der Waals surface area contributed by atoms with E-state index < -0.39 is 23.5 Å². The van der Waals surface area contributed by atoms with Crippen molar-refractivity contribution in [3.8, 4) is 6.07 Å². The van der Waals surface area contributed by atoms with E-state index in [0.717, 1.165) is 43.5 Å². The first-order valence-electron chi connectivity index (χ1n) is 8.43. The van der Waals surface area contributed by atoms with Gasteiger partial charge in [0.05, 0.1) is 11.1 Å². The Bertz CT molecular complexity index is 681. The molecule has 0 atom stereocenters. The van der Waals surface area contributed by atoms with Gasteiger partial charge in [-0.1, -0.05) is 0 Å². The van der Waals surface area contributed by atoms with Gasteiger partial charge in [-0.25, -0.2) is 4.79 Å². The molecule has 1 aliphatic rings. The molecule has 0 saturated heterocycles. The molecule has 1 saturated carbocycles. The summed E-state index contributed by atoms with van der Waals surface area (Å²) in [6.07, 6.45) is 0.841. The van der Waals surface area contributed by atoms with E-state index in [1.54, 1.807) is 0 Å². The standard InChI is InChI=1S/C19H19F4NO2/c20-16(12-24)3-1-2-13-4-10-17(11-5-13)26-18(25)14-6-8-15(9-7-14)19(21,22)23/h3,6-9,13,17H,1-2,4-5,10-11H2/b16-3+. The van der Waals surface area contributed by atoms with Gasteiger partial charge in [0.25, 0.3) is 0 Å². The quantitative estimate of drug-likeness (QED) is 0.387. The van der Waals surface area contributed by atoms with Gasteiger partial charge in [-0.05, 0) is 74.8 Å². The highest BCUT2D eigenvalue weighted by Gasteiger charge is 2.30. The van der Waals surface area contributed by atoms with Gasteiger partial charge in [0.15, 0.2) is 5.83 Å². The first-order chi connectivity index (χ1) is 12.3. The largest absolute Gasteiger partial charge is 0.459 e. The van der Waals surface area contributed by atoms with Crippen molar-refractivity contribution in [3.05, 3.63) is 47.3 Å². The smallest absolute Gasteiger partial charge is 0.416 e. The lowest BCUT2D eigenvalue weighted by atomic mass is 9.84.